The molecule has 0 spiro atoms. The zero-order valence-electron chi connectivity index (χ0n) is 9.16. The van der Waals surface area contributed by atoms with Gasteiger partial charge in [0, 0.05) is 25.8 Å². The molecule has 0 radical (unpaired) electrons. The normalized spacial score (nSPS) is 10.9. The number of aryl methyl sites for hydroxylation is 1. The summed E-state index contributed by atoms with van der Waals surface area (Å²) in [4.78, 5) is 11.6. The third kappa shape index (κ3) is 2.95. The van der Waals surface area contributed by atoms with Crippen molar-refractivity contribution in [3.63, 3.8) is 0 Å². The lowest BCUT2D eigenvalue weighted by molar-refractivity contribution is 0.0949. The van der Waals surface area contributed by atoms with Gasteiger partial charge in [0.1, 0.15) is 5.69 Å². The lowest BCUT2D eigenvalue weighted by Crippen LogP contribution is -2.25. The predicted octanol–water partition coefficient (Wildman–Crippen LogP) is 0.578. The highest BCUT2D eigenvalue weighted by atomic mass is 16.1. The lowest BCUT2D eigenvalue weighted by Gasteiger charge is -2.04. The van der Waals surface area contributed by atoms with Crippen LogP contribution in [-0.4, -0.2) is 23.6 Å². The van der Waals surface area contributed by atoms with Crippen LogP contribution in [0.2, 0.25) is 0 Å². The van der Waals surface area contributed by atoms with Crippen molar-refractivity contribution in [1.29, 1.82) is 0 Å². The van der Waals surface area contributed by atoms with Crippen LogP contribution < -0.4 is 11.1 Å². The molecular formula is C11H17N3O. The largest absolute Gasteiger partial charge is 0.347 e. The number of hydrogen-bond acceptors (Lipinski definition) is 2. The number of amides is 1. The molecule has 3 N–H and O–H groups in total. The van der Waals surface area contributed by atoms with Gasteiger partial charge in [0.2, 0.25) is 0 Å². The summed E-state index contributed by atoms with van der Waals surface area (Å²) in [5, 5.41) is 2.79. The molecule has 4 nitrogen and oxygen atoms in total. The van der Waals surface area contributed by atoms with Crippen molar-refractivity contribution in [2.24, 2.45) is 12.8 Å². The van der Waals surface area contributed by atoms with Crippen molar-refractivity contribution in [3.8, 4) is 0 Å². The number of nitrogens with zero attached hydrogens (tertiary/aromatic N) is 1. The highest BCUT2D eigenvalue weighted by Crippen LogP contribution is 2.04. The van der Waals surface area contributed by atoms with E-state index >= 15 is 0 Å². The van der Waals surface area contributed by atoms with Crippen molar-refractivity contribution in [3.05, 3.63) is 35.7 Å². The average molecular weight is 207 g/mol. The molecule has 0 bridgehead atoms. The van der Waals surface area contributed by atoms with E-state index < -0.39 is 0 Å². The Balaban J connectivity index is 2.54. The van der Waals surface area contributed by atoms with Gasteiger partial charge in [-0.15, -0.1) is 0 Å². The van der Waals surface area contributed by atoms with Crippen molar-refractivity contribution in [2.45, 2.75) is 6.92 Å². The van der Waals surface area contributed by atoms with E-state index in [9.17, 15) is 4.79 Å². The molecule has 15 heavy (non-hydrogen) atoms. The zero-order chi connectivity index (χ0) is 11.3. The molecule has 1 rings (SSSR count). The maximum atomic E-state index is 11.6. The molecule has 0 atom stereocenters. The molecular weight excluding hydrogens is 190 g/mol. The molecule has 0 aliphatic carbocycles. The molecule has 0 aliphatic heterocycles. The Kier molecular flexibility index (Phi) is 4.12. The molecule has 0 saturated carbocycles. The van der Waals surface area contributed by atoms with Gasteiger partial charge in [-0.05, 0) is 19.1 Å². The van der Waals surface area contributed by atoms with Gasteiger partial charge in [-0.1, -0.05) is 12.2 Å². The predicted molar refractivity (Wildman–Crippen MR) is 60.7 cm³/mol. The first-order chi connectivity index (χ1) is 7.16. The Morgan fingerprint density at radius 1 is 1.53 bits per heavy atom. The highest BCUT2D eigenvalue weighted by molar-refractivity contribution is 5.92. The van der Waals surface area contributed by atoms with E-state index in [1.165, 1.54) is 0 Å². The summed E-state index contributed by atoms with van der Waals surface area (Å²) in [5.41, 5.74) is 7.02. The van der Waals surface area contributed by atoms with E-state index in [2.05, 4.69) is 5.32 Å². The maximum Gasteiger partial charge on any atom is 0.268 e. The van der Waals surface area contributed by atoms with Gasteiger partial charge >= 0.3 is 0 Å². The van der Waals surface area contributed by atoms with E-state index in [0.717, 1.165) is 5.69 Å². The summed E-state index contributed by atoms with van der Waals surface area (Å²) in [6.07, 6.45) is 3.66. The Labute approximate surface area is 89.8 Å². The lowest BCUT2D eigenvalue weighted by atomic mass is 10.4. The van der Waals surface area contributed by atoms with Gasteiger partial charge in [0.15, 0.2) is 0 Å². The fourth-order valence-electron chi connectivity index (χ4n) is 1.26. The molecule has 0 saturated heterocycles. The van der Waals surface area contributed by atoms with Gasteiger partial charge < -0.3 is 15.6 Å². The van der Waals surface area contributed by atoms with Crippen molar-refractivity contribution in [2.75, 3.05) is 13.1 Å². The molecule has 0 aromatic carbocycles. The van der Waals surface area contributed by atoms with Gasteiger partial charge in [-0.3, -0.25) is 4.79 Å². The SMILES string of the molecule is Cc1ccc(C(=O)NC/C=C/CN)n1C. The molecule has 0 unspecified atom stereocenters. The molecule has 82 valence electrons. The summed E-state index contributed by atoms with van der Waals surface area (Å²) >= 11 is 0. The van der Waals surface area contributed by atoms with Gasteiger partial charge in [-0.2, -0.15) is 0 Å². The molecule has 4 heteroatoms. The quantitative estimate of drug-likeness (QED) is 0.709. The van der Waals surface area contributed by atoms with E-state index in [0.29, 0.717) is 18.8 Å². The molecule has 1 amide bonds. The number of nitrogens with two attached hydrogens (primary N) is 1. The van der Waals surface area contributed by atoms with E-state index in [1.807, 2.05) is 42.8 Å². The number of aromatic nitrogens is 1. The topological polar surface area (TPSA) is 60.1 Å². The highest BCUT2D eigenvalue weighted by Gasteiger charge is 2.08. The third-order valence-corrected chi connectivity index (χ3v) is 2.29. The number of carbonyl (C=O) groups is 1. The minimum Gasteiger partial charge on any atom is -0.347 e. The van der Waals surface area contributed by atoms with Crippen LogP contribution in [0, 0.1) is 6.92 Å². The fourth-order valence-corrected chi connectivity index (χ4v) is 1.26. The van der Waals surface area contributed by atoms with Crippen molar-refractivity contribution < 1.29 is 4.79 Å². The zero-order valence-corrected chi connectivity index (χ0v) is 9.16. The van der Waals surface area contributed by atoms with Gasteiger partial charge in [0.25, 0.3) is 5.91 Å². The first kappa shape index (κ1) is 11.5. The summed E-state index contributed by atoms with van der Waals surface area (Å²) in [6.45, 7) is 2.98. The molecule has 0 aliphatic rings. The van der Waals surface area contributed by atoms with Crippen LogP contribution in [0.25, 0.3) is 0 Å². The standard InChI is InChI=1S/C11H17N3O/c1-9-5-6-10(14(9)2)11(15)13-8-4-3-7-12/h3-6H,7-8,12H2,1-2H3,(H,13,15)/b4-3+. The van der Waals surface area contributed by atoms with Gasteiger partial charge in [0.05, 0.1) is 0 Å². The monoisotopic (exact) mass is 207 g/mol. The number of rotatable bonds is 4. The number of hydrogen-bond donors (Lipinski definition) is 2. The van der Waals surface area contributed by atoms with E-state index in [4.69, 9.17) is 5.73 Å². The summed E-state index contributed by atoms with van der Waals surface area (Å²) in [5.74, 6) is -0.0627. The van der Waals surface area contributed by atoms with Crippen LogP contribution in [0.1, 0.15) is 16.2 Å². The summed E-state index contributed by atoms with van der Waals surface area (Å²) in [6, 6.07) is 3.74. The Morgan fingerprint density at radius 2 is 2.27 bits per heavy atom. The second-order valence-electron chi connectivity index (χ2n) is 3.34. The van der Waals surface area contributed by atoms with Crippen LogP contribution in [0.5, 0.6) is 0 Å². The molecule has 0 fully saturated rings. The number of carbonyl (C=O) groups excluding carboxylic acids is 1. The maximum absolute atomic E-state index is 11.6. The second-order valence-corrected chi connectivity index (χ2v) is 3.34. The summed E-state index contributed by atoms with van der Waals surface area (Å²) in [7, 11) is 1.87. The Hall–Kier alpha value is -1.55. The van der Waals surface area contributed by atoms with E-state index in [-0.39, 0.29) is 5.91 Å². The molecule has 1 aromatic rings. The minimum absolute atomic E-state index is 0.0627. The third-order valence-electron chi connectivity index (χ3n) is 2.29. The minimum atomic E-state index is -0.0627. The summed E-state index contributed by atoms with van der Waals surface area (Å²) < 4.78 is 1.86. The van der Waals surface area contributed by atoms with Crippen LogP contribution in [0.4, 0.5) is 0 Å². The van der Waals surface area contributed by atoms with Crippen LogP contribution in [0.3, 0.4) is 0 Å². The molecule has 1 aromatic heterocycles. The molecule has 1 heterocycles. The first-order valence-electron chi connectivity index (χ1n) is 4.92. The van der Waals surface area contributed by atoms with Crippen LogP contribution >= 0.6 is 0 Å². The van der Waals surface area contributed by atoms with Crippen LogP contribution in [-0.2, 0) is 7.05 Å². The van der Waals surface area contributed by atoms with Crippen molar-refractivity contribution in [1.82, 2.24) is 9.88 Å². The fraction of sp³-hybridized carbons (Fsp3) is 0.364. The average Bonchev–Trinajstić information content (AvgIpc) is 2.55. The Morgan fingerprint density at radius 3 is 2.80 bits per heavy atom. The van der Waals surface area contributed by atoms with Crippen molar-refractivity contribution >= 4 is 5.91 Å². The van der Waals surface area contributed by atoms with Crippen LogP contribution in [0.15, 0.2) is 24.3 Å². The first-order valence-corrected chi connectivity index (χ1v) is 4.92. The Bertz CT molecular complexity index is 366. The smallest absolute Gasteiger partial charge is 0.268 e. The van der Waals surface area contributed by atoms with Gasteiger partial charge in [-0.25, -0.2) is 0 Å². The second kappa shape index (κ2) is 5.36. The number of nitrogens with one attached hydrogen (secondary N) is 1. The van der Waals surface area contributed by atoms with E-state index in [1.54, 1.807) is 0 Å².